The molecule has 2 amide bonds. The van der Waals surface area contributed by atoms with E-state index in [1.165, 1.54) is 0 Å². The summed E-state index contributed by atoms with van der Waals surface area (Å²) in [4.78, 5) is 29.9. The van der Waals surface area contributed by atoms with Crippen LogP contribution in [0.2, 0.25) is 5.02 Å². The molecular weight excluding hydrogens is 410 g/mol. The number of carbonyl (C=O) groups excluding carboxylic acids is 2. The fourth-order valence-corrected chi connectivity index (χ4v) is 4.14. The summed E-state index contributed by atoms with van der Waals surface area (Å²) in [7, 11) is 0. The number of imide groups is 1. The Bertz CT molecular complexity index is 1080. The van der Waals surface area contributed by atoms with E-state index in [4.69, 9.17) is 16.3 Å². The number of nitrogens with zero attached hydrogens (tertiary/aromatic N) is 3. The number of hydrogen-bond acceptors (Lipinski definition) is 5. The molecule has 1 saturated heterocycles. The van der Waals surface area contributed by atoms with Gasteiger partial charge >= 0.3 is 6.09 Å². The molecule has 0 spiro atoms. The van der Waals surface area contributed by atoms with Crippen LogP contribution in [0.25, 0.3) is 11.7 Å². The molecule has 0 unspecified atom stereocenters. The number of fused-ring (bicyclic) bond motifs is 1. The number of benzene rings is 1. The number of cyclic esters (lactones) is 1. The number of unbranched alkanes of at least 4 members (excludes halogenated alkanes) is 1. The Hall–Kier alpha value is -2.77. The highest BCUT2D eigenvalue weighted by molar-refractivity contribution is 7.99. The lowest BCUT2D eigenvalue weighted by molar-refractivity contribution is -0.123. The van der Waals surface area contributed by atoms with Crippen LogP contribution in [0.4, 0.5) is 4.79 Å². The number of aromatic nitrogens is 2. The molecule has 0 aliphatic carbocycles. The van der Waals surface area contributed by atoms with E-state index < -0.39 is 12.0 Å². The summed E-state index contributed by atoms with van der Waals surface area (Å²) in [6, 6.07) is 13.0. The van der Waals surface area contributed by atoms with Crippen molar-refractivity contribution in [3.8, 4) is 0 Å². The molecule has 1 aliphatic heterocycles. The minimum absolute atomic E-state index is 0.0403. The highest BCUT2D eigenvalue weighted by atomic mass is 35.5. The topological polar surface area (TPSA) is 63.9 Å². The van der Waals surface area contributed by atoms with E-state index in [9.17, 15) is 9.59 Å². The second-order valence-corrected chi connectivity index (χ2v) is 8.01. The second kappa shape index (κ2) is 8.71. The molecule has 1 aliphatic rings. The van der Waals surface area contributed by atoms with Gasteiger partial charge in [0.15, 0.2) is 5.76 Å². The van der Waals surface area contributed by atoms with E-state index in [0.717, 1.165) is 33.3 Å². The molecule has 0 saturated carbocycles. The lowest BCUT2D eigenvalue weighted by Gasteiger charge is -2.10. The third-order valence-electron chi connectivity index (χ3n) is 4.46. The van der Waals surface area contributed by atoms with Gasteiger partial charge < -0.3 is 4.74 Å². The Morgan fingerprint density at radius 3 is 2.76 bits per heavy atom. The molecule has 1 aromatic carbocycles. The average Bonchev–Trinajstić information content (AvgIpc) is 3.30. The molecule has 1 fully saturated rings. The number of pyridine rings is 1. The Morgan fingerprint density at radius 1 is 1.10 bits per heavy atom. The number of amides is 2. The predicted molar refractivity (Wildman–Crippen MR) is 113 cm³/mol. The Labute approximate surface area is 177 Å². The van der Waals surface area contributed by atoms with Crippen LogP contribution in [0.1, 0.15) is 18.4 Å². The molecule has 8 heteroatoms. The zero-order chi connectivity index (χ0) is 20.2. The van der Waals surface area contributed by atoms with Crippen molar-refractivity contribution in [2.45, 2.75) is 17.9 Å². The summed E-state index contributed by atoms with van der Waals surface area (Å²) in [5, 5.41) is 1.72. The Morgan fingerprint density at radius 2 is 1.93 bits per heavy atom. The number of halogens is 1. The highest BCUT2D eigenvalue weighted by Gasteiger charge is 2.35. The van der Waals surface area contributed by atoms with Gasteiger partial charge in [0.1, 0.15) is 5.65 Å². The third-order valence-corrected chi connectivity index (χ3v) is 5.83. The summed E-state index contributed by atoms with van der Waals surface area (Å²) in [5.74, 6) is 0.515. The molecule has 2 aromatic heterocycles. The zero-order valence-corrected chi connectivity index (χ0v) is 17.0. The SMILES string of the molecule is O=C1OC(=Cc2ccc(Cl)cc2)C(=O)N1CCCCSc1cccc2nccn12. The Balaban J connectivity index is 1.28. The summed E-state index contributed by atoms with van der Waals surface area (Å²) >= 11 is 7.58. The molecule has 4 rings (SSSR count). The number of imidazole rings is 1. The molecule has 0 radical (unpaired) electrons. The van der Waals surface area contributed by atoms with Gasteiger partial charge in [-0.05, 0) is 54.5 Å². The quantitative estimate of drug-likeness (QED) is 0.305. The minimum Gasteiger partial charge on any atom is -0.404 e. The van der Waals surface area contributed by atoms with E-state index in [1.54, 1.807) is 48.3 Å². The van der Waals surface area contributed by atoms with Gasteiger partial charge in [0.05, 0.1) is 5.03 Å². The summed E-state index contributed by atoms with van der Waals surface area (Å²) < 4.78 is 7.18. The first-order valence-electron chi connectivity index (χ1n) is 9.18. The number of ether oxygens (including phenoxy) is 1. The van der Waals surface area contributed by atoms with E-state index >= 15 is 0 Å². The summed E-state index contributed by atoms with van der Waals surface area (Å²) in [6.07, 6.45) is 6.22. The van der Waals surface area contributed by atoms with Crippen molar-refractivity contribution in [2.24, 2.45) is 0 Å². The van der Waals surface area contributed by atoms with E-state index in [0.29, 0.717) is 18.0 Å². The van der Waals surface area contributed by atoms with Gasteiger partial charge in [-0.25, -0.2) is 14.7 Å². The van der Waals surface area contributed by atoms with Crippen molar-refractivity contribution in [1.29, 1.82) is 0 Å². The lowest BCUT2D eigenvalue weighted by atomic mass is 10.2. The van der Waals surface area contributed by atoms with E-state index in [2.05, 4.69) is 11.1 Å². The molecule has 0 bridgehead atoms. The molecule has 0 atom stereocenters. The Kier molecular flexibility index (Phi) is 5.87. The van der Waals surface area contributed by atoms with Crippen LogP contribution in [0, 0.1) is 0 Å². The maximum absolute atomic E-state index is 12.5. The fourth-order valence-electron chi connectivity index (χ4n) is 2.99. The van der Waals surface area contributed by atoms with Crippen LogP contribution in [0.15, 0.2) is 65.6 Å². The van der Waals surface area contributed by atoms with Crippen molar-refractivity contribution in [2.75, 3.05) is 12.3 Å². The molecule has 3 aromatic rings. The van der Waals surface area contributed by atoms with Gasteiger partial charge in [-0.2, -0.15) is 0 Å². The first kappa shape index (κ1) is 19.5. The van der Waals surface area contributed by atoms with Gasteiger partial charge in [0.2, 0.25) is 0 Å². The number of rotatable bonds is 7. The van der Waals surface area contributed by atoms with Crippen molar-refractivity contribution < 1.29 is 14.3 Å². The second-order valence-electron chi connectivity index (χ2n) is 6.46. The van der Waals surface area contributed by atoms with Gasteiger partial charge in [-0.3, -0.25) is 9.20 Å². The number of hydrogen-bond donors (Lipinski definition) is 0. The number of thioether (sulfide) groups is 1. The van der Waals surface area contributed by atoms with Gasteiger partial charge in [-0.15, -0.1) is 11.8 Å². The largest absolute Gasteiger partial charge is 0.422 e. The highest BCUT2D eigenvalue weighted by Crippen LogP contribution is 2.23. The predicted octanol–water partition coefficient (Wildman–Crippen LogP) is 4.88. The molecular formula is C21H18ClN3O3S. The van der Waals surface area contributed by atoms with Crippen LogP contribution < -0.4 is 0 Å². The van der Waals surface area contributed by atoms with Gasteiger partial charge in [0.25, 0.3) is 5.91 Å². The minimum atomic E-state index is -0.619. The molecule has 3 heterocycles. The number of carbonyl (C=O) groups is 2. The molecule has 0 N–H and O–H groups in total. The van der Waals surface area contributed by atoms with Crippen molar-refractivity contribution >= 4 is 47.1 Å². The van der Waals surface area contributed by atoms with Gasteiger partial charge in [-0.1, -0.05) is 29.8 Å². The van der Waals surface area contributed by atoms with E-state index in [1.807, 2.05) is 22.7 Å². The zero-order valence-electron chi connectivity index (χ0n) is 15.5. The van der Waals surface area contributed by atoms with Crippen molar-refractivity contribution in [1.82, 2.24) is 14.3 Å². The van der Waals surface area contributed by atoms with E-state index in [-0.39, 0.29) is 5.76 Å². The molecule has 29 heavy (non-hydrogen) atoms. The van der Waals surface area contributed by atoms with Crippen LogP contribution in [-0.4, -0.2) is 38.6 Å². The fraction of sp³-hybridized carbons (Fsp3) is 0.190. The maximum atomic E-state index is 12.5. The molecule has 6 nitrogen and oxygen atoms in total. The van der Waals surface area contributed by atoms with Crippen LogP contribution in [-0.2, 0) is 9.53 Å². The van der Waals surface area contributed by atoms with Gasteiger partial charge in [0, 0.05) is 24.0 Å². The smallest absolute Gasteiger partial charge is 0.404 e. The van der Waals surface area contributed by atoms with Crippen molar-refractivity contribution in [3.63, 3.8) is 0 Å². The maximum Gasteiger partial charge on any atom is 0.422 e. The summed E-state index contributed by atoms with van der Waals surface area (Å²) in [5.41, 5.74) is 1.66. The van der Waals surface area contributed by atoms with Crippen molar-refractivity contribution in [3.05, 3.63) is 71.2 Å². The lowest BCUT2D eigenvalue weighted by Crippen LogP contribution is -2.29. The summed E-state index contributed by atoms with van der Waals surface area (Å²) in [6.45, 7) is 0.339. The normalized spacial score (nSPS) is 15.5. The van der Waals surface area contributed by atoms with Crippen LogP contribution in [0.3, 0.4) is 0 Å². The van der Waals surface area contributed by atoms with Crippen LogP contribution in [0.5, 0.6) is 0 Å². The average molecular weight is 428 g/mol. The third kappa shape index (κ3) is 4.46. The monoisotopic (exact) mass is 427 g/mol. The molecule has 148 valence electrons. The standard InChI is InChI=1S/C21H18ClN3O3S/c22-16-8-6-15(7-9-16)14-17-20(26)25(21(27)28-17)11-1-2-13-29-19-5-3-4-18-23-10-12-24(18)19/h3-10,12,14H,1-2,11,13H2. The van der Waals surface area contributed by atoms with Crippen LogP contribution >= 0.6 is 23.4 Å². The first-order valence-corrected chi connectivity index (χ1v) is 10.5. The first-order chi connectivity index (χ1) is 14.1.